The number of hydrogen-bond acceptors (Lipinski definition) is 4. The van der Waals surface area contributed by atoms with Crippen molar-refractivity contribution in [3.8, 4) is 22.5 Å². The molecule has 5 heteroatoms. The zero-order valence-electron chi connectivity index (χ0n) is 17.5. The van der Waals surface area contributed by atoms with Crippen molar-refractivity contribution in [1.82, 2.24) is 15.0 Å². The Morgan fingerprint density at radius 3 is 2.32 bits per heavy atom. The number of carbonyl (C=O) groups is 1. The van der Waals surface area contributed by atoms with Crippen molar-refractivity contribution in [2.45, 2.75) is 50.9 Å². The quantitative estimate of drug-likeness (QED) is 0.514. The molecule has 2 atom stereocenters. The van der Waals surface area contributed by atoms with Gasteiger partial charge in [-0.25, -0.2) is 14.4 Å². The zero-order chi connectivity index (χ0) is 21.2. The van der Waals surface area contributed by atoms with Crippen LogP contribution in [0.15, 0.2) is 54.9 Å². The third-order valence-electron chi connectivity index (χ3n) is 6.77. The van der Waals surface area contributed by atoms with E-state index in [0.29, 0.717) is 11.5 Å². The van der Waals surface area contributed by atoms with Gasteiger partial charge < -0.3 is 0 Å². The smallest absolute Gasteiger partial charge is 0.139 e. The Balaban J connectivity index is 1.51. The molecule has 2 heterocycles. The van der Waals surface area contributed by atoms with Crippen LogP contribution in [0.5, 0.6) is 0 Å². The highest BCUT2D eigenvalue weighted by Gasteiger charge is 2.35. The lowest BCUT2D eigenvalue weighted by molar-refractivity contribution is -0.130. The molecule has 5 rings (SSSR count). The SMILES string of the molecule is O=C(C1CCC1)C1CCCC(c2nc(-c3cccnc3)cc(-c3cccc(F)c3)n2)C1. The van der Waals surface area contributed by atoms with E-state index in [4.69, 9.17) is 9.97 Å². The van der Waals surface area contributed by atoms with Crippen molar-refractivity contribution >= 4 is 5.78 Å². The Morgan fingerprint density at radius 1 is 0.871 bits per heavy atom. The van der Waals surface area contributed by atoms with Crippen molar-refractivity contribution < 1.29 is 9.18 Å². The highest BCUT2D eigenvalue weighted by molar-refractivity contribution is 5.84. The van der Waals surface area contributed by atoms with Crippen LogP contribution in [-0.2, 0) is 4.79 Å². The molecular formula is C26H26FN3O. The van der Waals surface area contributed by atoms with Crippen molar-refractivity contribution in [3.63, 3.8) is 0 Å². The van der Waals surface area contributed by atoms with Crippen molar-refractivity contribution in [2.75, 3.05) is 0 Å². The molecule has 0 saturated heterocycles. The van der Waals surface area contributed by atoms with Crippen LogP contribution in [-0.4, -0.2) is 20.7 Å². The number of benzene rings is 1. The highest BCUT2D eigenvalue weighted by atomic mass is 19.1. The largest absolute Gasteiger partial charge is 0.299 e. The van der Waals surface area contributed by atoms with E-state index in [1.165, 1.54) is 18.6 Å². The average Bonchev–Trinajstić information content (AvgIpc) is 2.78. The summed E-state index contributed by atoms with van der Waals surface area (Å²) in [6.45, 7) is 0. The number of hydrogen-bond donors (Lipinski definition) is 0. The maximum atomic E-state index is 13.9. The monoisotopic (exact) mass is 415 g/mol. The van der Waals surface area contributed by atoms with Gasteiger partial charge in [-0.3, -0.25) is 9.78 Å². The standard InChI is InChI=1S/C26H26FN3O/c27-22-11-3-7-18(14-22)23-15-24(21-10-4-12-28-16-21)30-26(29-23)20-9-2-8-19(13-20)25(31)17-5-1-6-17/h3-4,7,10-12,14-17,19-20H,1-2,5-6,8-9,13H2. The first kappa shape index (κ1) is 20.0. The number of nitrogens with zero attached hydrogens (tertiary/aromatic N) is 3. The Bertz CT molecular complexity index is 1080. The third kappa shape index (κ3) is 4.27. The van der Waals surface area contributed by atoms with E-state index in [1.807, 2.05) is 24.3 Å². The van der Waals surface area contributed by atoms with E-state index < -0.39 is 0 Å². The van der Waals surface area contributed by atoms with Crippen molar-refractivity contribution in [2.24, 2.45) is 11.8 Å². The molecule has 31 heavy (non-hydrogen) atoms. The van der Waals surface area contributed by atoms with E-state index in [0.717, 1.165) is 61.2 Å². The molecule has 2 unspecified atom stereocenters. The second kappa shape index (κ2) is 8.66. The summed E-state index contributed by atoms with van der Waals surface area (Å²) in [5.74, 6) is 1.45. The predicted molar refractivity (Wildman–Crippen MR) is 118 cm³/mol. The Labute approximate surface area is 182 Å². The number of halogens is 1. The van der Waals surface area contributed by atoms with Gasteiger partial charge in [0, 0.05) is 41.3 Å². The molecule has 0 amide bonds. The molecule has 3 aromatic rings. The van der Waals surface area contributed by atoms with Gasteiger partial charge in [-0.15, -0.1) is 0 Å². The van der Waals surface area contributed by atoms with Gasteiger partial charge >= 0.3 is 0 Å². The number of Topliss-reactive ketones (excluding diaryl/α,β-unsaturated/α-hetero) is 1. The first-order chi connectivity index (χ1) is 15.2. The average molecular weight is 416 g/mol. The lowest BCUT2D eigenvalue weighted by Crippen LogP contribution is -2.31. The number of rotatable bonds is 5. The van der Waals surface area contributed by atoms with Gasteiger partial charge in [0.2, 0.25) is 0 Å². The van der Waals surface area contributed by atoms with Crippen LogP contribution in [0.1, 0.15) is 56.7 Å². The third-order valence-corrected chi connectivity index (χ3v) is 6.77. The van der Waals surface area contributed by atoms with Gasteiger partial charge in [0.05, 0.1) is 11.4 Å². The first-order valence-electron chi connectivity index (χ1n) is 11.3. The molecule has 0 spiro atoms. The van der Waals surface area contributed by atoms with Crippen LogP contribution in [0, 0.1) is 17.7 Å². The first-order valence-corrected chi connectivity index (χ1v) is 11.3. The van der Waals surface area contributed by atoms with Crippen LogP contribution in [0.25, 0.3) is 22.5 Å². The molecule has 158 valence electrons. The Morgan fingerprint density at radius 2 is 1.61 bits per heavy atom. The summed E-state index contributed by atoms with van der Waals surface area (Å²) in [5, 5.41) is 0. The number of ketones is 1. The Hall–Kier alpha value is -2.95. The van der Waals surface area contributed by atoms with Crippen LogP contribution < -0.4 is 0 Å². The molecule has 0 N–H and O–H groups in total. The van der Waals surface area contributed by atoms with E-state index in [2.05, 4.69) is 4.98 Å². The van der Waals surface area contributed by atoms with Gasteiger partial charge in [0.25, 0.3) is 0 Å². The maximum Gasteiger partial charge on any atom is 0.139 e. The summed E-state index contributed by atoms with van der Waals surface area (Å²) in [6, 6.07) is 12.3. The fraction of sp³-hybridized carbons (Fsp3) is 0.385. The molecule has 4 nitrogen and oxygen atoms in total. The lowest BCUT2D eigenvalue weighted by atomic mass is 9.71. The molecule has 2 aliphatic rings. The number of carbonyl (C=O) groups excluding carboxylic acids is 1. The second-order valence-electron chi connectivity index (χ2n) is 8.84. The molecule has 2 saturated carbocycles. The molecule has 2 fully saturated rings. The summed E-state index contributed by atoms with van der Waals surface area (Å²) in [4.78, 5) is 26.9. The highest BCUT2D eigenvalue weighted by Crippen LogP contribution is 2.40. The fourth-order valence-electron chi connectivity index (χ4n) is 4.82. The van der Waals surface area contributed by atoms with Crippen LogP contribution >= 0.6 is 0 Å². The summed E-state index contributed by atoms with van der Waals surface area (Å²) < 4.78 is 13.9. The molecule has 1 aromatic carbocycles. The molecule has 0 radical (unpaired) electrons. The van der Waals surface area contributed by atoms with Crippen molar-refractivity contribution in [3.05, 3.63) is 66.5 Å². The van der Waals surface area contributed by atoms with E-state index in [-0.39, 0.29) is 23.6 Å². The minimum Gasteiger partial charge on any atom is -0.299 e. The molecule has 2 aromatic heterocycles. The minimum atomic E-state index is -0.288. The number of pyridine rings is 1. The van der Waals surface area contributed by atoms with Gasteiger partial charge in [-0.2, -0.15) is 0 Å². The second-order valence-corrected chi connectivity index (χ2v) is 8.84. The predicted octanol–water partition coefficient (Wildman–Crippen LogP) is 5.99. The van der Waals surface area contributed by atoms with E-state index in [1.54, 1.807) is 18.5 Å². The topological polar surface area (TPSA) is 55.7 Å². The summed E-state index contributed by atoms with van der Waals surface area (Å²) in [5.41, 5.74) is 3.12. The van der Waals surface area contributed by atoms with E-state index >= 15 is 0 Å². The van der Waals surface area contributed by atoms with Crippen LogP contribution in [0.2, 0.25) is 0 Å². The number of aromatic nitrogens is 3. The normalized spacial score (nSPS) is 21.5. The maximum absolute atomic E-state index is 13.9. The summed E-state index contributed by atoms with van der Waals surface area (Å²) in [6.07, 6.45) is 10.6. The molecule has 0 bridgehead atoms. The Kier molecular flexibility index (Phi) is 5.58. The zero-order valence-corrected chi connectivity index (χ0v) is 17.5. The van der Waals surface area contributed by atoms with Gasteiger partial charge in [0.1, 0.15) is 17.4 Å². The summed E-state index contributed by atoms with van der Waals surface area (Å²) >= 11 is 0. The molecule has 0 aliphatic heterocycles. The fourth-order valence-corrected chi connectivity index (χ4v) is 4.82. The van der Waals surface area contributed by atoms with Gasteiger partial charge in [0.15, 0.2) is 0 Å². The molecular weight excluding hydrogens is 389 g/mol. The van der Waals surface area contributed by atoms with Crippen LogP contribution in [0.3, 0.4) is 0 Å². The van der Waals surface area contributed by atoms with Gasteiger partial charge in [-0.05, 0) is 62.4 Å². The van der Waals surface area contributed by atoms with Crippen molar-refractivity contribution in [1.29, 1.82) is 0 Å². The summed E-state index contributed by atoms with van der Waals surface area (Å²) in [7, 11) is 0. The van der Waals surface area contributed by atoms with E-state index in [9.17, 15) is 9.18 Å². The van der Waals surface area contributed by atoms with Crippen LogP contribution in [0.4, 0.5) is 4.39 Å². The van der Waals surface area contributed by atoms with Gasteiger partial charge in [-0.1, -0.05) is 25.0 Å². The minimum absolute atomic E-state index is 0.118. The lowest BCUT2D eigenvalue weighted by Gasteiger charge is -2.33. The molecule has 2 aliphatic carbocycles.